The summed E-state index contributed by atoms with van der Waals surface area (Å²) in [5.41, 5.74) is 2.52. The summed E-state index contributed by atoms with van der Waals surface area (Å²) in [6.07, 6.45) is 20.8. The summed E-state index contributed by atoms with van der Waals surface area (Å²) in [4.78, 5) is 33.9. The Balaban J connectivity index is 1.71. The van der Waals surface area contributed by atoms with E-state index in [0.717, 1.165) is 49.7 Å². The Labute approximate surface area is 347 Å². The lowest BCUT2D eigenvalue weighted by Gasteiger charge is -2.59. The van der Waals surface area contributed by atoms with Crippen molar-refractivity contribution in [1.29, 1.82) is 0 Å². The molecule has 2 amide bonds. The maximum atomic E-state index is 13.6. The van der Waals surface area contributed by atoms with Crippen molar-refractivity contribution < 1.29 is 43.6 Å². The van der Waals surface area contributed by atoms with Crippen LogP contribution < -0.4 is 14.8 Å². The van der Waals surface area contributed by atoms with Crippen LogP contribution in [0.3, 0.4) is 0 Å². The van der Waals surface area contributed by atoms with Crippen molar-refractivity contribution in [3.63, 3.8) is 0 Å². The van der Waals surface area contributed by atoms with Gasteiger partial charge in [0.15, 0.2) is 0 Å². The number of hydrogen-bond acceptors (Lipinski definition) is 10. The van der Waals surface area contributed by atoms with Crippen molar-refractivity contribution in [3.05, 3.63) is 48.1 Å². The van der Waals surface area contributed by atoms with Crippen LogP contribution in [0.4, 0.5) is 9.59 Å². The molecular weight excluding hydrogens is 739 g/mol. The number of ether oxygens (including phenoxy) is 4. The van der Waals surface area contributed by atoms with E-state index in [1.165, 1.54) is 65.6 Å². The molecule has 3 N–H and O–H groups in total. The molecule has 1 saturated carbocycles. The van der Waals surface area contributed by atoms with Gasteiger partial charge in [-0.2, -0.15) is 0 Å². The van der Waals surface area contributed by atoms with Gasteiger partial charge in [-0.15, -0.1) is 6.58 Å². The normalized spacial score (nSPS) is 23.9. The molecule has 6 atom stereocenters. The highest BCUT2D eigenvalue weighted by Crippen LogP contribution is 2.62. The van der Waals surface area contributed by atoms with Crippen molar-refractivity contribution in [2.45, 2.75) is 147 Å². The lowest BCUT2D eigenvalue weighted by atomic mass is 9.55. The van der Waals surface area contributed by atoms with E-state index >= 15 is 0 Å². The molecule has 0 aromatic heterocycles. The third-order valence-corrected chi connectivity index (χ3v) is 12.1. The molecule has 0 radical (unpaired) electrons. The third-order valence-electron chi connectivity index (χ3n) is 12.1. The minimum absolute atomic E-state index is 0.0501. The van der Waals surface area contributed by atoms with Gasteiger partial charge in [0.2, 0.25) is 5.79 Å². The number of rotatable bonds is 27. The van der Waals surface area contributed by atoms with Crippen LogP contribution in [-0.4, -0.2) is 92.0 Å². The van der Waals surface area contributed by atoms with E-state index in [1.807, 2.05) is 19.1 Å². The standard InChI is InChI=1S/C46H73N3O9/c1-6-9-10-11-12-13-14-15-16-19-26-47-44(52)57-35-24-25-40-38(32-35)42-36(23-18-21-29-51)34(22-17-20-28-50)31-37-39(48-55-5)33-41(49(27-7-2)45(53)54-4)46(58-40,43(37)42)56-30-8-3/h8,24-25,31-32,34,36,41-43,50-51H,3,6-7,9-23,26-30,33H2,1-2,4-5H3,(H,47,52)/t34-,36+,41-,42+,43+,46+/m0/s1. The second-order valence-electron chi connectivity index (χ2n) is 16.1. The Morgan fingerprint density at radius 1 is 0.948 bits per heavy atom. The first-order valence-electron chi connectivity index (χ1n) is 22.3. The van der Waals surface area contributed by atoms with Crippen LogP contribution in [0.2, 0.25) is 0 Å². The minimum atomic E-state index is -1.37. The Bertz CT molecular complexity index is 1480. The zero-order chi connectivity index (χ0) is 41.8. The Kier molecular flexibility index (Phi) is 20.4. The summed E-state index contributed by atoms with van der Waals surface area (Å²) in [6.45, 7) is 9.53. The second kappa shape index (κ2) is 25.1. The van der Waals surface area contributed by atoms with Gasteiger partial charge in [-0.25, -0.2) is 9.59 Å². The quantitative estimate of drug-likeness (QED) is 0.0449. The molecule has 1 aromatic carbocycles. The van der Waals surface area contributed by atoms with Gasteiger partial charge in [-0.1, -0.05) is 102 Å². The number of methoxy groups -OCH3 is 1. The van der Waals surface area contributed by atoms with Gasteiger partial charge in [0.25, 0.3) is 0 Å². The number of amides is 2. The van der Waals surface area contributed by atoms with Gasteiger partial charge in [-0.05, 0) is 74.1 Å². The summed E-state index contributed by atoms with van der Waals surface area (Å²) < 4.78 is 25.3. The predicted octanol–water partition coefficient (Wildman–Crippen LogP) is 9.44. The first-order chi connectivity index (χ1) is 28.3. The van der Waals surface area contributed by atoms with E-state index in [9.17, 15) is 19.8 Å². The molecule has 12 heteroatoms. The summed E-state index contributed by atoms with van der Waals surface area (Å²) >= 11 is 0. The Hall–Kier alpha value is -3.61. The van der Waals surface area contributed by atoms with Gasteiger partial charge in [0.05, 0.1) is 25.3 Å². The van der Waals surface area contributed by atoms with E-state index in [4.69, 9.17) is 23.8 Å². The number of nitrogens with zero attached hydrogens (tertiary/aromatic N) is 2. The first kappa shape index (κ1) is 47.1. The van der Waals surface area contributed by atoms with Crippen LogP contribution in [0.15, 0.2) is 47.7 Å². The van der Waals surface area contributed by atoms with E-state index in [2.05, 4.69) is 30.1 Å². The molecule has 0 bridgehead atoms. The predicted molar refractivity (Wildman–Crippen MR) is 227 cm³/mol. The highest BCUT2D eigenvalue weighted by Gasteiger charge is 2.65. The summed E-state index contributed by atoms with van der Waals surface area (Å²) in [7, 11) is 2.90. The molecular formula is C46H73N3O9. The number of carbonyl (C=O) groups is 2. The number of aliphatic hydroxyl groups is 2. The van der Waals surface area contributed by atoms with E-state index < -0.39 is 29.9 Å². The van der Waals surface area contributed by atoms with Crippen LogP contribution >= 0.6 is 0 Å². The minimum Gasteiger partial charge on any atom is -0.459 e. The zero-order valence-electron chi connectivity index (χ0n) is 35.9. The number of nitrogens with one attached hydrogen (secondary N) is 1. The summed E-state index contributed by atoms with van der Waals surface area (Å²) in [5.74, 6) is -0.915. The van der Waals surface area contributed by atoms with Crippen molar-refractivity contribution in [1.82, 2.24) is 10.2 Å². The molecule has 2 aliphatic carbocycles. The smallest absolute Gasteiger partial charge is 0.412 e. The van der Waals surface area contributed by atoms with E-state index in [1.54, 1.807) is 17.0 Å². The Morgan fingerprint density at radius 3 is 2.28 bits per heavy atom. The van der Waals surface area contributed by atoms with Gasteiger partial charge in [-0.3, -0.25) is 4.90 Å². The molecule has 326 valence electrons. The number of benzene rings is 1. The topological polar surface area (TPSA) is 148 Å². The van der Waals surface area contributed by atoms with E-state index in [-0.39, 0.29) is 37.6 Å². The average molecular weight is 812 g/mol. The zero-order valence-corrected chi connectivity index (χ0v) is 35.9. The fourth-order valence-corrected chi connectivity index (χ4v) is 9.50. The Morgan fingerprint density at radius 2 is 1.64 bits per heavy atom. The SMILES string of the molecule is C=CCO[C@@]12Oc3ccc(OC(=O)NCCCCCCCCCCCC)cc3[C@H]3[C@H](CCCCO)[C@@H](CCCCO)C=C(C(=NOC)C[C@@H]1N(CCC)C(=O)OC)[C@H]32. The highest BCUT2D eigenvalue weighted by molar-refractivity contribution is 6.03. The van der Waals surface area contributed by atoms with Crippen molar-refractivity contribution >= 4 is 17.9 Å². The monoisotopic (exact) mass is 812 g/mol. The molecule has 1 aliphatic heterocycles. The lowest BCUT2D eigenvalue weighted by molar-refractivity contribution is -0.255. The van der Waals surface area contributed by atoms with Gasteiger partial charge < -0.3 is 39.3 Å². The summed E-state index contributed by atoms with van der Waals surface area (Å²) in [5, 5.41) is 27.1. The van der Waals surface area contributed by atoms with Gasteiger partial charge >= 0.3 is 12.2 Å². The van der Waals surface area contributed by atoms with Crippen LogP contribution in [0, 0.1) is 17.8 Å². The number of allylic oxidation sites excluding steroid dienone is 1. The molecule has 1 fully saturated rings. The largest absolute Gasteiger partial charge is 0.459 e. The van der Waals surface area contributed by atoms with Crippen LogP contribution in [0.25, 0.3) is 0 Å². The number of aliphatic hydroxyl groups excluding tert-OH is 2. The molecule has 58 heavy (non-hydrogen) atoms. The lowest BCUT2D eigenvalue weighted by Crippen LogP contribution is -2.70. The van der Waals surface area contributed by atoms with Gasteiger partial charge in [0, 0.05) is 44.2 Å². The third kappa shape index (κ3) is 12.2. The maximum Gasteiger partial charge on any atom is 0.412 e. The number of unbranched alkanes of at least 4 members (excludes halogenated alkanes) is 11. The fourth-order valence-electron chi connectivity index (χ4n) is 9.50. The molecule has 3 aliphatic rings. The van der Waals surface area contributed by atoms with Crippen LogP contribution in [0.1, 0.15) is 141 Å². The molecule has 4 rings (SSSR count). The van der Waals surface area contributed by atoms with Crippen molar-refractivity contribution in [2.75, 3.05) is 47.1 Å². The van der Waals surface area contributed by atoms with Gasteiger partial charge in [0.1, 0.15) is 24.7 Å². The number of fused-ring (bicyclic) bond motifs is 2. The molecule has 0 spiro atoms. The summed E-state index contributed by atoms with van der Waals surface area (Å²) in [6, 6.07) is 4.87. The van der Waals surface area contributed by atoms with Crippen molar-refractivity contribution in [3.8, 4) is 11.5 Å². The molecule has 12 nitrogen and oxygen atoms in total. The average Bonchev–Trinajstić information content (AvgIpc) is 3.22. The number of carbonyl (C=O) groups excluding carboxylic acids is 2. The van der Waals surface area contributed by atoms with Crippen LogP contribution in [-0.2, 0) is 14.3 Å². The maximum absolute atomic E-state index is 13.6. The molecule has 0 saturated heterocycles. The molecule has 1 heterocycles. The van der Waals surface area contributed by atoms with Crippen LogP contribution in [0.5, 0.6) is 11.5 Å². The fraction of sp³-hybridized carbons (Fsp3) is 0.717. The van der Waals surface area contributed by atoms with E-state index in [0.29, 0.717) is 56.0 Å². The highest BCUT2D eigenvalue weighted by atomic mass is 16.7. The number of hydrogen-bond donors (Lipinski definition) is 3. The number of oxime groups is 1. The first-order valence-corrected chi connectivity index (χ1v) is 22.3. The molecule has 0 unspecified atom stereocenters. The second-order valence-corrected chi connectivity index (χ2v) is 16.1. The molecule has 1 aromatic rings. The van der Waals surface area contributed by atoms with Crippen molar-refractivity contribution in [2.24, 2.45) is 22.9 Å².